The SMILES string of the molecule is ClCc1cnc(I)c(Br)c1. The lowest BCUT2D eigenvalue weighted by atomic mass is 10.3. The van der Waals surface area contributed by atoms with Crippen molar-refractivity contribution in [3.8, 4) is 0 Å². The lowest BCUT2D eigenvalue weighted by Crippen LogP contribution is -1.85. The number of halogens is 3. The fourth-order valence-corrected chi connectivity index (χ4v) is 1.37. The first-order valence-electron chi connectivity index (χ1n) is 2.60. The molecule has 0 atom stereocenters. The van der Waals surface area contributed by atoms with Crippen LogP contribution in [0.3, 0.4) is 0 Å². The van der Waals surface area contributed by atoms with Crippen molar-refractivity contribution in [3.63, 3.8) is 0 Å². The molecule has 0 amide bonds. The Balaban J connectivity index is 3.04. The molecule has 54 valence electrons. The molecule has 1 rings (SSSR count). The average molecular weight is 332 g/mol. The van der Waals surface area contributed by atoms with Gasteiger partial charge in [-0.05, 0) is 50.2 Å². The minimum atomic E-state index is 0.516. The number of nitrogens with zero attached hydrogens (tertiary/aromatic N) is 1. The molecule has 1 heterocycles. The standard InChI is InChI=1S/C6H4BrClIN/c7-5-1-4(2-8)3-10-6(5)9/h1,3H,2H2. The minimum absolute atomic E-state index is 0.516. The molecule has 0 spiro atoms. The van der Waals surface area contributed by atoms with Crippen LogP contribution in [0.25, 0.3) is 0 Å². The maximum atomic E-state index is 5.59. The number of pyridine rings is 1. The largest absolute Gasteiger partial charge is 0.249 e. The number of hydrogen-bond donors (Lipinski definition) is 0. The van der Waals surface area contributed by atoms with Crippen molar-refractivity contribution in [2.75, 3.05) is 0 Å². The van der Waals surface area contributed by atoms with Gasteiger partial charge >= 0.3 is 0 Å². The maximum absolute atomic E-state index is 5.59. The molecule has 1 aromatic heterocycles. The highest BCUT2D eigenvalue weighted by Crippen LogP contribution is 2.18. The molecule has 1 nitrogen and oxygen atoms in total. The summed E-state index contributed by atoms with van der Waals surface area (Å²) in [6.07, 6.45) is 1.78. The van der Waals surface area contributed by atoms with Crippen molar-refractivity contribution < 1.29 is 0 Å². The Hall–Kier alpha value is 0.650. The lowest BCUT2D eigenvalue weighted by molar-refractivity contribution is 1.19. The van der Waals surface area contributed by atoms with Gasteiger partial charge in [0.25, 0.3) is 0 Å². The molecule has 0 fully saturated rings. The van der Waals surface area contributed by atoms with Gasteiger partial charge in [-0.25, -0.2) is 4.98 Å². The molecular formula is C6H4BrClIN. The van der Waals surface area contributed by atoms with Crippen LogP contribution >= 0.6 is 50.1 Å². The average Bonchev–Trinajstić information content (AvgIpc) is 1.95. The van der Waals surface area contributed by atoms with E-state index in [2.05, 4.69) is 43.5 Å². The summed E-state index contributed by atoms with van der Waals surface area (Å²) < 4.78 is 1.97. The zero-order valence-corrected chi connectivity index (χ0v) is 9.44. The molecule has 1 aromatic rings. The van der Waals surface area contributed by atoms with Crippen molar-refractivity contribution in [3.05, 3.63) is 26.0 Å². The molecule has 0 radical (unpaired) electrons. The van der Waals surface area contributed by atoms with Gasteiger partial charge in [0.1, 0.15) is 3.70 Å². The van der Waals surface area contributed by atoms with E-state index in [1.54, 1.807) is 6.20 Å². The van der Waals surface area contributed by atoms with Crippen LogP contribution in [0.15, 0.2) is 16.7 Å². The van der Waals surface area contributed by atoms with Crippen LogP contribution in [-0.2, 0) is 5.88 Å². The van der Waals surface area contributed by atoms with E-state index < -0.39 is 0 Å². The smallest absolute Gasteiger partial charge is 0.115 e. The second kappa shape index (κ2) is 3.88. The number of rotatable bonds is 1. The molecule has 0 saturated carbocycles. The second-order valence-corrected chi connectivity index (χ2v) is 3.89. The van der Waals surface area contributed by atoms with Crippen molar-refractivity contribution in [1.29, 1.82) is 0 Å². The topological polar surface area (TPSA) is 12.9 Å². The van der Waals surface area contributed by atoms with Crippen LogP contribution in [0.4, 0.5) is 0 Å². The van der Waals surface area contributed by atoms with Crippen LogP contribution in [0.1, 0.15) is 5.56 Å². The number of hydrogen-bond acceptors (Lipinski definition) is 1. The molecule has 10 heavy (non-hydrogen) atoms. The van der Waals surface area contributed by atoms with Crippen LogP contribution in [0.5, 0.6) is 0 Å². The monoisotopic (exact) mass is 331 g/mol. The van der Waals surface area contributed by atoms with Crippen molar-refractivity contribution in [2.24, 2.45) is 0 Å². The quantitative estimate of drug-likeness (QED) is 0.437. The fraction of sp³-hybridized carbons (Fsp3) is 0.167. The molecule has 0 aliphatic rings. The summed E-state index contributed by atoms with van der Waals surface area (Å²) in [6.45, 7) is 0. The Labute approximate surface area is 86.4 Å². The van der Waals surface area contributed by atoms with Crippen molar-refractivity contribution in [1.82, 2.24) is 4.98 Å². The highest BCUT2D eigenvalue weighted by Gasteiger charge is 1.97. The molecule has 0 bridgehead atoms. The number of alkyl halides is 1. The van der Waals surface area contributed by atoms with E-state index in [9.17, 15) is 0 Å². The second-order valence-electron chi connectivity index (χ2n) is 1.75. The van der Waals surface area contributed by atoms with E-state index in [-0.39, 0.29) is 0 Å². The van der Waals surface area contributed by atoms with Gasteiger partial charge in [0.2, 0.25) is 0 Å². The molecule has 0 unspecified atom stereocenters. The molecule has 4 heteroatoms. The highest BCUT2D eigenvalue weighted by molar-refractivity contribution is 14.1. The Morgan fingerprint density at radius 2 is 2.40 bits per heavy atom. The zero-order valence-electron chi connectivity index (χ0n) is 4.94. The first-order chi connectivity index (χ1) is 4.74. The van der Waals surface area contributed by atoms with Gasteiger partial charge in [-0.2, -0.15) is 0 Å². The third-order valence-electron chi connectivity index (χ3n) is 1.01. The number of aromatic nitrogens is 1. The van der Waals surface area contributed by atoms with Crippen LogP contribution in [0, 0.1) is 3.70 Å². The van der Waals surface area contributed by atoms with Crippen LogP contribution in [0.2, 0.25) is 0 Å². The highest BCUT2D eigenvalue weighted by atomic mass is 127. The van der Waals surface area contributed by atoms with E-state index >= 15 is 0 Å². The van der Waals surface area contributed by atoms with Crippen LogP contribution in [-0.4, -0.2) is 4.98 Å². The Morgan fingerprint density at radius 1 is 1.70 bits per heavy atom. The summed E-state index contributed by atoms with van der Waals surface area (Å²) in [4.78, 5) is 4.10. The maximum Gasteiger partial charge on any atom is 0.115 e. The van der Waals surface area contributed by atoms with Gasteiger partial charge in [-0.1, -0.05) is 0 Å². The molecule has 0 aliphatic carbocycles. The van der Waals surface area contributed by atoms with Crippen molar-refractivity contribution >= 4 is 50.1 Å². The van der Waals surface area contributed by atoms with Crippen LogP contribution < -0.4 is 0 Å². The third kappa shape index (κ3) is 2.07. The van der Waals surface area contributed by atoms with Gasteiger partial charge in [0.15, 0.2) is 0 Å². The summed E-state index contributed by atoms with van der Waals surface area (Å²) in [5.74, 6) is 0.516. The molecule has 0 N–H and O–H groups in total. The van der Waals surface area contributed by atoms with Crippen molar-refractivity contribution in [2.45, 2.75) is 5.88 Å². The van der Waals surface area contributed by atoms with E-state index in [0.717, 1.165) is 13.7 Å². The summed E-state index contributed by atoms with van der Waals surface area (Å²) in [7, 11) is 0. The lowest BCUT2D eigenvalue weighted by Gasteiger charge is -1.96. The van der Waals surface area contributed by atoms with Gasteiger partial charge < -0.3 is 0 Å². The van der Waals surface area contributed by atoms with Gasteiger partial charge in [0, 0.05) is 16.5 Å². The Bertz CT molecular complexity index is 241. The van der Waals surface area contributed by atoms with Gasteiger partial charge in [-0.3, -0.25) is 0 Å². The van der Waals surface area contributed by atoms with E-state index in [0.29, 0.717) is 5.88 Å². The van der Waals surface area contributed by atoms with E-state index in [1.165, 1.54) is 0 Å². The van der Waals surface area contributed by atoms with E-state index in [4.69, 9.17) is 11.6 Å². The van der Waals surface area contributed by atoms with Gasteiger partial charge in [0.05, 0.1) is 0 Å². The summed E-state index contributed by atoms with van der Waals surface area (Å²) >= 11 is 11.1. The Morgan fingerprint density at radius 3 is 2.90 bits per heavy atom. The van der Waals surface area contributed by atoms with Gasteiger partial charge in [-0.15, -0.1) is 11.6 Å². The first-order valence-corrected chi connectivity index (χ1v) is 5.00. The fourth-order valence-electron chi connectivity index (χ4n) is 0.534. The summed E-state index contributed by atoms with van der Waals surface area (Å²) in [5, 5.41) is 0. The third-order valence-corrected chi connectivity index (χ3v) is 3.52. The van der Waals surface area contributed by atoms with E-state index in [1.807, 2.05) is 6.07 Å². The molecular weight excluding hydrogens is 328 g/mol. The molecule has 0 saturated heterocycles. The first kappa shape index (κ1) is 8.74. The summed E-state index contributed by atoms with van der Waals surface area (Å²) in [6, 6.07) is 1.97. The minimum Gasteiger partial charge on any atom is -0.249 e. The molecule has 0 aromatic carbocycles. The zero-order chi connectivity index (χ0) is 7.56. The predicted octanol–water partition coefficient (Wildman–Crippen LogP) is 3.19. The normalized spacial score (nSPS) is 9.90. The summed E-state index contributed by atoms with van der Waals surface area (Å²) in [5.41, 5.74) is 1.04. The predicted molar refractivity (Wildman–Crippen MR) is 54.2 cm³/mol. The Kier molecular flexibility index (Phi) is 3.39. The molecule has 0 aliphatic heterocycles.